The molecule has 0 aliphatic carbocycles. The van der Waals surface area contributed by atoms with Gasteiger partial charge in [-0.25, -0.2) is 0 Å². The van der Waals surface area contributed by atoms with E-state index in [-0.39, 0.29) is 24.2 Å². The van der Waals surface area contributed by atoms with E-state index in [1.165, 1.54) is 11.8 Å². The Morgan fingerprint density at radius 2 is 1.86 bits per heavy atom. The number of benzene rings is 2. The molecule has 1 atom stereocenters. The number of aliphatic hydroxyl groups excluding tert-OH is 1. The number of amides is 2. The number of rotatable bonds is 12. The highest BCUT2D eigenvalue weighted by Gasteiger charge is 2.23. The molecule has 3 N–H and O–H groups in total. The predicted octanol–water partition coefficient (Wildman–Crippen LogP) is 2.90. The first-order chi connectivity index (χ1) is 17.0. The lowest BCUT2D eigenvalue weighted by molar-refractivity contribution is -0.113. The van der Waals surface area contributed by atoms with Crippen molar-refractivity contribution in [3.05, 3.63) is 59.9 Å². The van der Waals surface area contributed by atoms with E-state index in [1.807, 2.05) is 26.0 Å². The minimum absolute atomic E-state index is 0.0978. The van der Waals surface area contributed by atoms with Crippen molar-refractivity contribution >= 4 is 29.3 Å². The summed E-state index contributed by atoms with van der Waals surface area (Å²) in [4.78, 5) is 25.2. The molecule has 1 heterocycles. The van der Waals surface area contributed by atoms with Gasteiger partial charge < -0.3 is 29.8 Å². The molecular weight excluding hydrogens is 470 g/mol. The van der Waals surface area contributed by atoms with E-state index in [4.69, 9.17) is 9.47 Å². The topological polar surface area (TPSA) is 128 Å². The summed E-state index contributed by atoms with van der Waals surface area (Å²) in [7, 11) is 1.55. The van der Waals surface area contributed by atoms with Gasteiger partial charge in [0.15, 0.2) is 11.0 Å². The van der Waals surface area contributed by atoms with Gasteiger partial charge in [-0.1, -0.05) is 23.9 Å². The minimum atomic E-state index is -0.765. The van der Waals surface area contributed by atoms with E-state index in [0.29, 0.717) is 46.9 Å². The number of nitrogens with zero attached hydrogens (tertiary/aromatic N) is 3. The molecule has 0 aliphatic rings. The summed E-state index contributed by atoms with van der Waals surface area (Å²) < 4.78 is 12.4. The fourth-order valence-corrected chi connectivity index (χ4v) is 4.11. The molecule has 1 aromatic heterocycles. The number of hydrogen-bond acceptors (Lipinski definition) is 8. The second-order valence-corrected chi connectivity index (χ2v) is 8.23. The molecule has 2 amide bonds. The zero-order chi connectivity index (χ0) is 25.2. The van der Waals surface area contributed by atoms with E-state index in [2.05, 4.69) is 20.8 Å². The van der Waals surface area contributed by atoms with Crippen LogP contribution in [0.25, 0.3) is 0 Å². The van der Waals surface area contributed by atoms with Gasteiger partial charge in [0.1, 0.15) is 17.5 Å². The fraction of sp³-hybridized carbons (Fsp3) is 0.333. The van der Waals surface area contributed by atoms with Crippen LogP contribution in [0, 0.1) is 0 Å². The molecule has 35 heavy (non-hydrogen) atoms. The van der Waals surface area contributed by atoms with E-state index in [9.17, 15) is 14.7 Å². The Bertz CT molecular complexity index is 1140. The maximum Gasteiger partial charge on any atom is 0.251 e. The SMILES string of the molecule is CCOc1ccccc1NC(=O)CSc1nnc(C(CO)NC(=O)c2ccc(OC)cc2)n1CC. The lowest BCUT2D eigenvalue weighted by atomic mass is 10.2. The van der Waals surface area contributed by atoms with Crippen LogP contribution in [-0.4, -0.2) is 57.8 Å². The summed E-state index contributed by atoms with van der Waals surface area (Å²) in [6, 6.07) is 13.1. The monoisotopic (exact) mass is 499 g/mol. The maximum atomic E-state index is 12.7. The summed E-state index contributed by atoms with van der Waals surface area (Å²) in [5, 5.41) is 24.4. The summed E-state index contributed by atoms with van der Waals surface area (Å²) in [6.07, 6.45) is 0. The molecule has 0 fully saturated rings. The third-order valence-corrected chi connectivity index (χ3v) is 5.97. The summed E-state index contributed by atoms with van der Waals surface area (Å²) in [5.74, 6) is 1.16. The van der Waals surface area contributed by atoms with Crippen LogP contribution < -0.4 is 20.1 Å². The molecule has 0 saturated carbocycles. The van der Waals surface area contributed by atoms with Gasteiger partial charge in [0, 0.05) is 12.1 Å². The standard InChI is InChI=1S/C24H29N5O5S/c1-4-29-22(19(14-30)26-23(32)16-10-12-17(33-3)13-11-16)27-28-24(29)35-15-21(31)25-18-8-6-7-9-20(18)34-5-2/h6-13,19,30H,4-5,14-15H2,1-3H3,(H,25,31)(H,26,32). The summed E-state index contributed by atoms with van der Waals surface area (Å²) >= 11 is 1.21. The Morgan fingerprint density at radius 1 is 1.11 bits per heavy atom. The van der Waals surface area contributed by atoms with Crippen molar-refractivity contribution in [3.8, 4) is 11.5 Å². The van der Waals surface area contributed by atoms with Gasteiger partial charge in [0.05, 0.1) is 31.8 Å². The number of aromatic nitrogens is 3. The van der Waals surface area contributed by atoms with Crippen molar-refractivity contribution in [1.82, 2.24) is 20.1 Å². The molecule has 11 heteroatoms. The molecule has 2 aromatic carbocycles. The second-order valence-electron chi connectivity index (χ2n) is 7.29. The van der Waals surface area contributed by atoms with Crippen molar-refractivity contribution < 1.29 is 24.2 Å². The molecule has 10 nitrogen and oxygen atoms in total. The Labute approximate surface area is 208 Å². The number of anilines is 1. The number of carbonyl (C=O) groups excluding carboxylic acids is 2. The third kappa shape index (κ3) is 6.74. The smallest absolute Gasteiger partial charge is 0.251 e. The molecule has 0 spiro atoms. The maximum absolute atomic E-state index is 12.7. The van der Waals surface area contributed by atoms with Crippen LogP contribution in [0.5, 0.6) is 11.5 Å². The number of hydrogen-bond donors (Lipinski definition) is 3. The molecular formula is C24H29N5O5S. The van der Waals surface area contributed by atoms with E-state index < -0.39 is 6.04 Å². The highest BCUT2D eigenvalue weighted by atomic mass is 32.2. The zero-order valence-electron chi connectivity index (χ0n) is 19.9. The second kappa shape index (κ2) is 12.8. The number of para-hydroxylation sites is 2. The number of methoxy groups -OCH3 is 1. The van der Waals surface area contributed by atoms with E-state index in [0.717, 1.165) is 0 Å². The van der Waals surface area contributed by atoms with Gasteiger partial charge in [-0.3, -0.25) is 9.59 Å². The lowest BCUT2D eigenvalue weighted by Gasteiger charge is -2.17. The van der Waals surface area contributed by atoms with Crippen LogP contribution in [0.3, 0.4) is 0 Å². The quantitative estimate of drug-likeness (QED) is 0.325. The first-order valence-corrected chi connectivity index (χ1v) is 12.1. The van der Waals surface area contributed by atoms with Gasteiger partial charge in [-0.05, 0) is 50.2 Å². The summed E-state index contributed by atoms with van der Waals surface area (Å²) in [6.45, 7) is 4.40. The highest BCUT2D eigenvalue weighted by molar-refractivity contribution is 7.99. The molecule has 0 aliphatic heterocycles. The average Bonchev–Trinajstić information content (AvgIpc) is 3.30. The van der Waals surface area contributed by atoms with Crippen molar-refractivity contribution in [2.45, 2.75) is 31.6 Å². The molecule has 0 saturated heterocycles. The van der Waals surface area contributed by atoms with Crippen LogP contribution in [0.1, 0.15) is 36.1 Å². The number of ether oxygens (including phenoxy) is 2. The van der Waals surface area contributed by atoms with Crippen LogP contribution in [0.15, 0.2) is 53.7 Å². The largest absolute Gasteiger partial charge is 0.497 e. The van der Waals surface area contributed by atoms with Gasteiger partial charge in [0.25, 0.3) is 5.91 Å². The van der Waals surface area contributed by atoms with Gasteiger partial charge in [0.2, 0.25) is 5.91 Å². The Morgan fingerprint density at radius 3 is 2.51 bits per heavy atom. The predicted molar refractivity (Wildman–Crippen MR) is 133 cm³/mol. The van der Waals surface area contributed by atoms with Crippen LogP contribution >= 0.6 is 11.8 Å². The average molecular weight is 500 g/mol. The van der Waals surface area contributed by atoms with Crippen molar-refractivity contribution in [2.75, 3.05) is 31.4 Å². The molecule has 0 bridgehead atoms. The Hall–Kier alpha value is -3.57. The first kappa shape index (κ1) is 26.0. The van der Waals surface area contributed by atoms with Gasteiger partial charge in [-0.15, -0.1) is 10.2 Å². The van der Waals surface area contributed by atoms with Gasteiger partial charge >= 0.3 is 0 Å². The lowest BCUT2D eigenvalue weighted by Crippen LogP contribution is -2.32. The third-order valence-electron chi connectivity index (χ3n) is 5.01. The molecule has 3 rings (SSSR count). The van der Waals surface area contributed by atoms with Crippen LogP contribution in [-0.2, 0) is 11.3 Å². The zero-order valence-corrected chi connectivity index (χ0v) is 20.7. The van der Waals surface area contributed by atoms with Gasteiger partial charge in [-0.2, -0.15) is 0 Å². The van der Waals surface area contributed by atoms with Crippen molar-refractivity contribution in [2.24, 2.45) is 0 Å². The fourth-order valence-electron chi connectivity index (χ4n) is 3.31. The molecule has 1 unspecified atom stereocenters. The summed E-state index contributed by atoms with van der Waals surface area (Å²) in [5.41, 5.74) is 1.02. The minimum Gasteiger partial charge on any atom is -0.497 e. The number of thioether (sulfide) groups is 1. The van der Waals surface area contributed by atoms with Crippen molar-refractivity contribution in [3.63, 3.8) is 0 Å². The molecule has 186 valence electrons. The highest BCUT2D eigenvalue weighted by Crippen LogP contribution is 2.25. The normalized spacial score (nSPS) is 11.5. The number of nitrogens with one attached hydrogen (secondary N) is 2. The Kier molecular flexibility index (Phi) is 9.50. The van der Waals surface area contributed by atoms with E-state index >= 15 is 0 Å². The molecule has 3 aromatic rings. The van der Waals surface area contributed by atoms with Crippen LogP contribution in [0.4, 0.5) is 5.69 Å². The Balaban J connectivity index is 1.66. The van der Waals surface area contributed by atoms with Crippen LogP contribution in [0.2, 0.25) is 0 Å². The first-order valence-electron chi connectivity index (χ1n) is 11.1. The number of aliphatic hydroxyl groups is 1. The number of carbonyl (C=O) groups is 2. The van der Waals surface area contributed by atoms with E-state index in [1.54, 1.807) is 48.1 Å². The van der Waals surface area contributed by atoms with Crippen molar-refractivity contribution in [1.29, 1.82) is 0 Å². The molecule has 0 radical (unpaired) electrons.